The number of ether oxygens (including phenoxy) is 1. The van der Waals surface area contributed by atoms with Crippen LogP contribution in [0.15, 0.2) is 49.2 Å². The molecule has 3 heterocycles. The predicted molar refractivity (Wildman–Crippen MR) is 132 cm³/mol. The number of nitrogens with zero attached hydrogens (tertiary/aromatic N) is 6. The van der Waals surface area contributed by atoms with Crippen molar-refractivity contribution in [3.8, 4) is 16.8 Å². The summed E-state index contributed by atoms with van der Waals surface area (Å²) in [7, 11) is 0. The topological polar surface area (TPSA) is 146 Å². The van der Waals surface area contributed by atoms with Gasteiger partial charge in [-0.15, -0.1) is 0 Å². The van der Waals surface area contributed by atoms with E-state index < -0.39 is 6.09 Å². The van der Waals surface area contributed by atoms with Gasteiger partial charge in [-0.1, -0.05) is 25.0 Å². The van der Waals surface area contributed by atoms with Crippen molar-refractivity contribution in [2.75, 3.05) is 18.5 Å². The van der Waals surface area contributed by atoms with Crippen molar-refractivity contribution in [3.63, 3.8) is 0 Å². The van der Waals surface area contributed by atoms with Crippen LogP contribution in [-0.2, 0) is 11.3 Å². The average molecular weight is 479 g/mol. The number of anilines is 1. The second-order valence-corrected chi connectivity index (χ2v) is 8.22. The molecule has 1 saturated carbocycles. The van der Waals surface area contributed by atoms with Gasteiger partial charge in [0.15, 0.2) is 5.65 Å². The fourth-order valence-corrected chi connectivity index (χ4v) is 4.07. The standard InChI is InChI=1S/C23H27N7O.CH3NO2/c1-2-31-12-11-29-15-18(13-26-29)17-7-9-20(10-8-17)30-16-25-21-14-24-23(28-22(21)30)27-19-5-3-4-6-19;2-1(3)4/h7-10,13-16,19H,2-6,11-12H2,1H3,(H,24,27,28);2H2,(H,3,4). The van der Waals surface area contributed by atoms with Crippen molar-refractivity contribution in [2.45, 2.75) is 45.2 Å². The molecule has 1 aliphatic carbocycles. The molecule has 1 aromatic carbocycles. The maximum absolute atomic E-state index is 8.78. The van der Waals surface area contributed by atoms with E-state index in [0.29, 0.717) is 18.6 Å². The molecule has 0 spiro atoms. The summed E-state index contributed by atoms with van der Waals surface area (Å²) in [5, 5.41) is 15.1. The minimum Gasteiger partial charge on any atom is -0.465 e. The summed E-state index contributed by atoms with van der Waals surface area (Å²) in [6.07, 6.45) is 11.1. The third-order valence-electron chi connectivity index (χ3n) is 5.76. The van der Waals surface area contributed by atoms with Crippen molar-refractivity contribution < 1.29 is 14.6 Å². The lowest BCUT2D eigenvalue weighted by Crippen LogP contribution is -2.16. The Hall–Kier alpha value is -3.99. The fraction of sp³-hybridized carbons (Fsp3) is 0.375. The van der Waals surface area contributed by atoms with Crippen molar-refractivity contribution in [3.05, 3.63) is 49.2 Å². The Bertz CT molecular complexity index is 1240. The largest absolute Gasteiger partial charge is 0.465 e. The van der Waals surface area contributed by atoms with Crippen LogP contribution >= 0.6 is 0 Å². The highest BCUT2D eigenvalue weighted by Gasteiger charge is 2.16. The summed E-state index contributed by atoms with van der Waals surface area (Å²) < 4.78 is 9.33. The molecule has 1 amide bonds. The van der Waals surface area contributed by atoms with E-state index in [0.717, 1.165) is 41.1 Å². The summed E-state index contributed by atoms with van der Waals surface area (Å²) in [6, 6.07) is 8.84. The molecule has 0 atom stereocenters. The highest BCUT2D eigenvalue weighted by molar-refractivity contribution is 5.74. The van der Waals surface area contributed by atoms with Crippen LogP contribution < -0.4 is 11.1 Å². The minimum atomic E-state index is -1.33. The van der Waals surface area contributed by atoms with Gasteiger partial charge in [-0.3, -0.25) is 9.25 Å². The number of carbonyl (C=O) groups is 1. The molecule has 0 aliphatic heterocycles. The molecule has 35 heavy (non-hydrogen) atoms. The summed E-state index contributed by atoms with van der Waals surface area (Å²) in [6.45, 7) is 4.15. The molecular weight excluding hydrogens is 448 g/mol. The van der Waals surface area contributed by atoms with Crippen molar-refractivity contribution in [2.24, 2.45) is 5.73 Å². The van der Waals surface area contributed by atoms with Gasteiger partial charge in [0.25, 0.3) is 0 Å². The Morgan fingerprint density at radius 3 is 2.63 bits per heavy atom. The first-order chi connectivity index (χ1) is 17.0. The van der Waals surface area contributed by atoms with Gasteiger partial charge in [-0.05, 0) is 37.5 Å². The van der Waals surface area contributed by atoms with E-state index >= 15 is 0 Å². The van der Waals surface area contributed by atoms with Crippen LogP contribution in [0.3, 0.4) is 0 Å². The zero-order valence-electron chi connectivity index (χ0n) is 19.7. The molecule has 1 aliphatic rings. The summed E-state index contributed by atoms with van der Waals surface area (Å²) >= 11 is 0. The number of amides is 1. The molecule has 184 valence electrons. The summed E-state index contributed by atoms with van der Waals surface area (Å²) in [5.74, 6) is 0.678. The molecule has 4 aromatic rings. The highest BCUT2D eigenvalue weighted by atomic mass is 16.5. The lowest BCUT2D eigenvalue weighted by atomic mass is 10.1. The molecule has 11 nitrogen and oxygen atoms in total. The van der Waals surface area contributed by atoms with Crippen LogP contribution in [0.25, 0.3) is 28.0 Å². The normalized spacial score (nSPS) is 13.5. The molecule has 11 heteroatoms. The monoisotopic (exact) mass is 478 g/mol. The first kappa shape index (κ1) is 24.1. The van der Waals surface area contributed by atoms with Gasteiger partial charge in [0.1, 0.15) is 11.8 Å². The molecule has 0 unspecified atom stereocenters. The smallest absolute Gasteiger partial charge is 0.402 e. The van der Waals surface area contributed by atoms with Crippen molar-refractivity contribution in [1.82, 2.24) is 29.3 Å². The van der Waals surface area contributed by atoms with Crippen LogP contribution in [0.5, 0.6) is 0 Å². The average Bonchev–Trinajstić information content (AvgIpc) is 3.60. The summed E-state index contributed by atoms with van der Waals surface area (Å²) in [4.78, 5) is 22.4. The van der Waals surface area contributed by atoms with Gasteiger partial charge >= 0.3 is 6.09 Å². The molecule has 1 fully saturated rings. The van der Waals surface area contributed by atoms with Gasteiger partial charge < -0.3 is 20.9 Å². The predicted octanol–water partition coefficient (Wildman–Crippen LogP) is 3.69. The van der Waals surface area contributed by atoms with Crippen LogP contribution in [-0.4, -0.2) is 59.8 Å². The third-order valence-corrected chi connectivity index (χ3v) is 5.76. The molecule has 5 rings (SSSR count). The molecule has 4 N–H and O–H groups in total. The number of nitrogens with two attached hydrogens (primary N) is 1. The number of aromatic nitrogens is 6. The number of hydrogen-bond donors (Lipinski definition) is 3. The van der Waals surface area contributed by atoms with Crippen LogP contribution in [0, 0.1) is 0 Å². The number of rotatable bonds is 8. The quantitative estimate of drug-likeness (QED) is 0.325. The Balaban J connectivity index is 0.000000672. The second kappa shape index (κ2) is 11.4. The zero-order chi connectivity index (χ0) is 24.6. The minimum absolute atomic E-state index is 0.475. The van der Waals surface area contributed by atoms with Gasteiger partial charge in [0.05, 0.1) is 25.5 Å². The molecule has 0 bridgehead atoms. The van der Waals surface area contributed by atoms with E-state index in [1.54, 1.807) is 12.5 Å². The highest BCUT2D eigenvalue weighted by Crippen LogP contribution is 2.24. The third kappa shape index (κ3) is 6.33. The first-order valence-corrected chi connectivity index (χ1v) is 11.7. The van der Waals surface area contributed by atoms with E-state index in [9.17, 15) is 0 Å². The number of benzene rings is 1. The maximum atomic E-state index is 8.78. The molecule has 3 aromatic heterocycles. The number of nitrogens with one attached hydrogen (secondary N) is 1. The number of fused-ring (bicyclic) bond motifs is 1. The SMILES string of the molecule is CCOCCn1cc(-c2ccc(-n3cnc4cnc(NC5CCCC5)nc43)cc2)cn1.NC(=O)O. The van der Waals surface area contributed by atoms with E-state index in [1.807, 2.05) is 22.4 Å². The molecular formula is C24H30N8O3. The Morgan fingerprint density at radius 1 is 1.17 bits per heavy atom. The number of hydrogen-bond acceptors (Lipinski definition) is 7. The van der Waals surface area contributed by atoms with Crippen LogP contribution in [0.1, 0.15) is 32.6 Å². The second-order valence-electron chi connectivity index (χ2n) is 8.22. The van der Waals surface area contributed by atoms with Crippen molar-refractivity contribution >= 4 is 23.2 Å². The van der Waals surface area contributed by atoms with E-state index in [4.69, 9.17) is 19.6 Å². The van der Waals surface area contributed by atoms with E-state index in [2.05, 4.69) is 56.6 Å². The number of imidazole rings is 1. The van der Waals surface area contributed by atoms with Gasteiger partial charge in [0.2, 0.25) is 5.95 Å². The Morgan fingerprint density at radius 2 is 1.91 bits per heavy atom. The summed E-state index contributed by atoms with van der Waals surface area (Å²) in [5.41, 5.74) is 8.85. The zero-order valence-corrected chi connectivity index (χ0v) is 19.7. The van der Waals surface area contributed by atoms with Crippen LogP contribution in [0.2, 0.25) is 0 Å². The number of primary amides is 1. The van der Waals surface area contributed by atoms with Gasteiger partial charge in [-0.2, -0.15) is 10.1 Å². The number of carboxylic acid groups (broad SMARTS) is 1. The maximum Gasteiger partial charge on any atom is 0.402 e. The molecule has 0 radical (unpaired) electrons. The lowest BCUT2D eigenvalue weighted by Gasteiger charge is -2.11. The van der Waals surface area contributed by atoms with Crippen LogP contribution in [0.4, 0.5) is 10.7 Å². The fourth-order valence-electron chi connectivity index (χ4n) is 4.07. The van der Waals surface area contributed by atoms with Gasteiger partial charge in [0, 0.05) is 30.1 Å². The Labute approximate surface area is 203 Å². The molecule has 0 saturated heterocycles. The first-order valence-electron chi connectivity index (χ1n) is 11.7. The van der Waals surface area contributed by atoms with E-state index in [-0.39, 0.29) is 0 Å². The lowest BCUT2D eigenvalue weighted by molar-refractivity contribution is 0.136. The Kier molecular flexibility index (Phi) is 7.88. The van der Waals surface area contributed by atoms with E-state index in [1.165, 1.54) is 25.7 Å². The van der Waals surface area contributed by atoms with Gasteiger partial charge in [-0.25, -0.2) is 14.8 Å². The van der Waals surface area contributed by atoms with Crippen molar-refractivity contribution in [1.29, 1.82) is 0 Å².